The van der Waals surface area contributed by atoms with E-state index >= 15 is 0 Å². The first-order valence-corrected chi connectivity index (χ1v) is 8.74. The van der Waals surface area contributed by atoms with E-state index in [0.29, 0.717) is 5.69 Å². The normalized spacial score (nSPS) is 19.9. The number of H-pyrrole nitrogens is 1. The van der Waals surface area contributed by atoms with Crippen LogP contribution in [0.2, 0.25) is 0 Å². The van der Waals surface area contributed by atoms with Gasteiger partial charge in [0.2, 0.25) is 0 Å². The van der Waals surface area contributed by atoms with Crippen molar-refractivity contribution < 1.29 is 18.0 Å². The predicted octanol–water partition coefficient (Wildman–Crippen LogP) is 3.52. The van der Waals surface area contributed by atoms with Crippen LogP contribution in [0.25, 0.3) is 5.69 Å². The van der Waals surface area contributed by atoms with Crippen molar-refractivity contribution in [1.82, 2.24) is 14.7 Å². The number of hydrogen-bond acceptors (Lipinski definition) is 2. The molecule has 0 spiro atoms. The van der Waals surface area contributed by atoms with E-state index in [-0.39, 0.29) is 25.2 Å². The summed E-state index contributed by atoms with van der Waals surface area (Å²) >= 11 is 0. The Bertz CT molecular complexity index is 894. The van der Waals surface area contributed by atoms with Crippen molar-refractivity contribution in [1.29, 1.82) is 0 Å². The van der Waals surface area contributed by atoms with Gasteiger partial charge in [0.05, 0.1) is 11.6 Å². The Balaban J connectivity index is 1.82. The molecular weight excluding hydrogens is 359 g/mol. The van der Waals surface area contributed by atoms with Crippen molar-refractivity contribution >= 4 is 5.91 Å². The molecule has 1 fully saturated rings. The molecule has 1 aliphatic heterocycles. The van der Waals surface area contributed by atoms with E-state index in [9.17, 15) is 22.8 Å². The number of aryl methyl sites for hydroxylation is 1. The number of carbonyl (C=O) groups excluding carboxylic acids is 1. The van der Waals surface area contributed by atoms with Gasteiger partial charge in [0.1, 0.15) is 5.69 Å². The minimum Gasteiger partial charge on any atom is -0.337 e. The third-order valence-electron chi connectivity index (χ3n) is 5.15. The average Bonchev–Trinajstić information content (AvgIpc) is 2.94. The SMILES string of the molecule is Cc1ccc(-n2[nH]c(C(=O)N3CCC(C(F)(F)F)C(C)(C)C3)cc2=O)cc1. The lowest BCUT2D eigenvalue weighted by molar-refractivity contribution is -0.214. The van der Waals surface area contributed by atoms with Crippen LogP contribution in [0.3, 0.4) is 0 Å². The fourth-order valence-corrected chi connectivity index (χ4v) is 3.70. The summed E-state index contributed by atoms with van der Waals surface area (Å²) in [5.74, 6) is -1.92. The van der Waals surface area contributed by atoms with Crippen LogP contribution < -0.4 is 5.56 Å². The Morgan fingerprint density at radius 2 is 1.85 bits per heavy atom. The number of amides is 1. The maximum absolute atomic E-state index is 13.2. The number of aromatic nitrogens is 2. The first-order chi connectivity index (χ1) is 12.5. The zero-order valence-electron chi connectivity index (χ0n) is 15.4. The van der Waals surface area contributed by atoms with E-state index in [1.165, 1.54) is 29.5 Å². The van der Waals surface area contributed by atoms with Crippen molar-refractivity contribution in [2.45, 2.75) is 33.4 Å². The Morgan fingerprint density at radius 1 is 1.22 bits per heavy atom. The van der Waals surface area contributed by atoms with Crippen LogP contribution in [0.4, 0.5) is 13.2 Å². The van der Waals surface area contributed by atoms with Crippen LogP contribution in [0.1, 0.15) is 36.3 Å². The Morgan fingerprint density at radius 3 is 2.41 bits per heavy atom. The molecule has 27 heavy (non-hydrogen) atoms. The second kappa shape index (κ2) is 6.58. The lowest BCUT2D eigenvalue weighted by Crippen LogP contribution is -2.52. The van der Waals surface area contributed by atoms with Gasteiger partial charge in [-0.05, 0) is 30.9 Å². The molecule has 1 saturated heterocycles. The number of piperidine rings is 1. The predicted molar refractivity (Wildman–Crippen MR) is 95.0 cm³/mol. The van der Waals surface area contributed by atoms with E-state index in [0.717, 1.165) is 5.56 Å². The molecule has 1 aromatic heterocycles. The van der Waals surface area contributed by atoms with Gasteiger partial charge in [-0.25, -0.2) is 4.68 Å². The number of alkyl halides is 3. The standard InChI is InChI=1S/C19H22F3N3O2/c1-12-4-6-13(7-5-12)25-16(26)10-14(23-25)17(27)24-9-8-15(19(20,21)22)18(2,3)11-24/h4-7,10,15,23H,8-9,11H2,1-3H3. The molecule has 0 saturated carbocycles. The Kier molecular flexibility index (Phi) is 4.69. The van der Waals surface area contributed by atoms with Gasteiger partial charge in [0, 0.05) is 19.2 Å². The molecule has 146 valence electrons. The van der Waals surface area contributed by atoms with E-state index in [1.54, 1.807) is 12.1 Å². The van der Waals surface area contributed by atoms with Gasteiger partial charge in [-0.2, -0.15) is 13.2 Å². The average molecular weight is 381 g/mol. The summed E-state index contributed by atoms with van der Waals surface area (Å²) in [6, 6.07) is 8.37. The molecule has 8 heteroatoms. The van der Waals surface area contributed by atoms with Crippen molar-refractivity contribution in [3.05, 3.63) is 51.9 Å². The fraction of sp³-hybridized carbons (Fsp3) is 0.474. The fourth-order valence-electron chi connectivity index (χ4n) is 3.70. The molecule has 0 bridgehead atoms. The van der Waals surface area contributed by atoms with Crippen LogP contribution in [0.5, 0.6) is 0 Å². The molecular formula is C19H22F3N3O2. The van der Waals surface area contributed by atoms with Gasteiger partial charge < -0.3 is 4.90 Å². The number of nitrogens with zero attached hydrogens (tertiary/aromatic N) is 2. The van der Waals surface area contributed by atoms with Gasteiger partial charge in [0.25, 0.3) is 11.5 Å². The number of carbonyl (C=O) groups is 1. The molecule has 1 atom stereocenters. The third kappa shape index (κ3) is 3.79. The summed E-state index contributed by atoms with van der Waals surface area (Å²) in [7, 11) is 0. The van der Waals surface area contributed by atoms with E-state index in [1.807, 2.05) is 19.1 Å². The minimum absolute atomic E-state index is 0.00415. The number of likely N-dealkylation sites (tertiary alicyclic amines) is 1. The largest absolute Gasteiger partial charge is 0.392 e. The molecule has 2 heterocycles. The summed E-state index contributed by atoms with van der Waals surface area (Å²) < 4.78 is 40.9. The second-order valence-electron chi connectivity index (χ2n) is 7.78. The van der Waals surface area contributed by atoms with E-state index < -0.39 is 29.0 Å². The van der Waals surface area contributed by atoms with Gasteiger partial charge >= 0.3 is 6.18 Å². The molecule has 1 amide bonds. The maximum Gasteiger partial charge on any atom is 0.392 e. The lowest BCUT2D eigenvalue weighted by Gasteiger charge is -2.44. The van der Waals surface area contributed by atoms with Gasteiger partial charge in [-0.15, -0.1) is 0 Å². The molecule has 1 aromatic carbocycles. The van der Waals surface area contributed by atoms with Crippen LogP contribution in [-0.4, -0.2) is 39.9 Å². The van der Waals surface area contributed by atoms with Gasteiger partial charge in [0.15, 0.2) is 0 Å². The highest BCUT2D eigenvalue weighted by Gasteiger charge is 2.51. The van der Waals surface area contributed by atoms with Crippen molar-refractivity contribution in [3.63, 3.8) is 0 Å². The number of aromatic amines is 1. The summed E-state index contributed by atoms with van der Waals surface area (Å²) in [5, 5.41) is 2.77. The molecule has 2 aromatic rings. The van der Waals surface area contributed by atoms with Crippen LogP contribution >= 0.6 is 0 Å². The zero-order valence-corrected chi connectivity index (χ0v) is 15.4. The van der Waals surface area contributed by atoms with Crippen LogP contribution in [-0.2, 0) is 0 Å². The zero-order chi connectivity index (χ0) is 20.0. The van der Waals surface area contributed by atoms with Crippen LogP contribution in [0.15, 0.2) is 35.1 Å². The number of hydrogen-bond donors (Lipinski definition) is 1. The first-order valence-electron chi connectivity index (χ1n) is 8.74. The van der Waals surface area contributed by atoms with E-state index in [2.05, 4.69) is 5.10 Å². The molecule has 5 nitrogen and oxygen atoms in total. The van der Waals surface area contributed by atoms with Crippen molar-refractivity contribution in [2.24, 2.45) is 11.3 Å². The summed E-state index contributed by atoms with van der Waals surface area (Å²) in [4.78, 5) is 26.4. The minimum atomic E-state index is -4.29. The summed E-state index contributed by atoms with van der Waals surface area (Å²) in [6.45, 7) is 4.94. The topological polar surface area (TPSA) is 58.1 Å². The summed E-state index contributed by atoms with van der Waals surface area (Å²) in [6.07, 6.45) is -4.44. The molecule has 0 radical (unpaired) electrons. The number of rotatable bonds is 2. The van der Waals surface area contributed by atoms with Crippen LogP contribution in [0, 0.1) is 18.3 Å². The smallest absolute Gasteiger partial charge is 0.337 e. The maximum atomic E-state index is 13.2. The van der Waals surface area contributed by atoms with E-state index in [4.69, 9.17) is 0 Å². The molecule has 1 N–H and O–H groups in total. The lowest BCUT2D eigenvalue weighted by atomic mass is 9.73. The molecule has 0 aliphatic carbocycles. The monoisotopic (exact) mass is 381 g/mol. The number of benzene rings is 1. The molecule has 1 aliphatic rings. The van der Waals surface area contributed by atoms with Crippen molar-refractivity contribution in [2.75, 3.05) is 13.1 Å². The van der Waals surface area contributed by atoms with Gasteiger partial charge in [-0.3, -0.25) is 14.7 Å². The highest BCUT2D eigenvalue weighted by Crippen LogP contribution is 2.45. The Labute approximate surface area is 154 Å². The third-order valence-corrected chi connectivity index (χ3v) is 5.15. The molecule has 1 unspecified atom stereocenters. The van der Waals surface area contributed by atoms with Crippen molar-refractivity contribution in [3.8, 4) is 5.69 Å². The number of halogens is 3. The highest BCUT2D eigenvalue weighted by molar-refractivity contribution is 5.92. The second-order valence-corrected chi connectivity index (χ2v) is 7.78. The first kappa shape index (κ1) is 19.3. The number of nitrogens with one attached hydrogen (secondary N) is 1. The molecule has 3 rings (SSSR count). The summed E-state index contributed by atoms with van der Waals surface area (Å²) in [5.41, 5.74) is 0.199. The Hall–Kier alpha value is -2.51. The quantitative estimate of drug-likeness (QED) is 0.865. The van der Waals surface area contributed by atoms with Gasteiger partial charge in [-0.1, -0.05) is 31.5 Å². The highest BCUT2D eigenvalue weighted by atomic mass is 19.4.